The van der Waals surface area contributed by atoms with Crippen molar-refractivity contribution in [1.29, 1.82) is 0 Å². The Morgan fingerprint density at radius 3 is 3.00 bits per heavy atom. The predicted molar refractivity (Wildman–Crippen MR) is 64.2 cm³/mol. The van der Waals surface area contributed by atoms with Crippen LogP contribution in [0.15, 0.2) is 0 Å². The highest BCUT2D eigenvalue weighted by Gasteiger charge is 2.19. The van der Waals surface area contributed by atoms with Crippen LogP contribution >= 0.6 is 0 Å². The van der Waals surface area contributed by atoms with Crippen LogP contribution in [0.25, 0.3) is 0 Å². The summed E-state index contributed by atoms with van der Waals surface area (Å²) in [7, 11) is 1.79. The summed E-state index contributed by atoms with van der Waals surface area (Å²) in [6, 6.07) is 0.707. The van der Waals surface area contributed by atoms with E-state index in [1.54, 1.807) is 7.11 Å². The summed E-state index contributed by atoms with van der Waals surface area (Å²) in [5.41, 5.74) is 0. The van der Waals surface area contributed by atoms with Crippen LogP contribution in [0.3, 0.4) is 0 Å². The third-order valence-electron chi connectivity index (χ3n) is 3.02. The fourth-order valence-corrected chi connectivity index (χ4v) is 2.45. The van der Waals surface area contributed by atoms with Crippen molar-refractivity contribution >= 4 is 0 Å². The number of rotatable bonds is 6. The molecule has 1 aliphatic rings. The third-order valence-corrected chi connectivity index (χ3v) is 3.02. The van der Waals surface area contributed by atoms with Crippen molar-refractivity contribution in [2.75, 3.05) is 39.9 Å². The highest BCUT2D eigenvalue weighted by atomic mass is 16.5. The molecule has 2 atom stereocenters. The molecular formula is C12H26N2O. The van der Waals surface area contributed by atoms with Gasteiger partial charge in [0.1, 0.15) is 0 Å². The summed E-state index contributed by atoms with van der Waals surface area (Å²) in [6.45, 7) is 10.1. The molecule has 0 aliphatic carbocycles. The van der Waals surface area contributed by atoms with Gasteiger partial charge >= 0.3 is 0 Å². The number of hydrogen-bond donors (Lipinski definition) is 1. The zero-order valence-electron chi connectivity index (χ0n) is 10.5. The van der Waals surface area contributed by atoms with Crippen molar-refractivity contribution in [2.24, 2.45) is 5.92 Å². The maximum atomic E-state index is 5.18. The first kappa shape index (κ1) is 12.9. The van der Waals surface area contributed by atoms with E-state index in [-0.39, 0.29) is 0 Å². The predicted octanol–water partition coefficient (Wildman–Crippen LogP) is 1.34. The number of nitrogens with zero attached hydrogens (tertiary/aromatic N) is 1. The van der Waals surface area contributed by atoms with Crippen LogP contribution in [0, 0.1) is 5.92 Å². The molecule has 1 heterocycles. The van der Waals surface area contributed by atoms with Crippen LogP contribution in [-0.2, 0) is 4.74 Å². The molecule has 0 radical (unpaired) electrons. The van der Waals surface area contributed by atoms with Crippen molar-refractivity contribution in [3.8, 4) is 0 Å². The summed E-state index contributed by atoms with van der Waals surface area (Å²) in [4.78, 5) is 2.57. The molecule has 0 bridgehead atoms. The van der Waals surface area contributed by atoms with E-state index in [9.17, 15) is 0 Å². The molecule has 0 aromatic rings. The van der Waals surface area contributed by atoms with Crippen LogP contribution < -0.4 is 5.32 Å². The monoisotopic (exact) mass is 214 g/mol. The Labute approximate surface area is 94.2 Å². The molecule has 0 aromatic carbocycles. The molecule has 15 heavy (non-hydrogen) atoms. The van der Waals surface area contributed by atoms with Gasteiger partial charge in [0.15, 0.2) is 0 Å². The lowest BCUT2D eigenvalue weighted by atomic mass is 10.0. The summed E-state index contributed by atoms with van der Waals surface area (Å²) in [6.07, 6.45) is 2.67. The van der Waals surface area contributed by atoms with Gasteiger partial charge in [-0.3, -0.25) is 0 Å². The standard InChI is InChI=1S/C12H26N2O/c1-4-13-12-6-5-7-14(9-12)8-11(2)10-15-3/h11-13H,4-10H2,1-3H3. The molecule has 3 nitrogen and oxygen atoms in total. The van der Waals surface area contributed by atoms with Gasteiger partial charge in [0, 0.05) is 32.8 Å². The lowest BCUT2D eigenvalue weighted by molar-refractivity contribution is 0.112. The van der Waals surface area contributed by atoms with E-state index < -0.39 is 0 Å². The first-order valence-corrected chi connectivity index (χ1v) is 6.21. The van der Waals surface area contributed by atoms with Crippen LogP contribution in [0.4, 0.5) is 0 Å². The largest absolute Gasteiger partial charge is 0.384 e. The number of likely N-dealkylation sites (tertiary alicyclic amines) is 1. The molecule has 0 amide bonds. The molecule has 1 aliphatic heterocycles. The number of nitrogens with one attached hydrogen (secondary N) is 1. The normalized spacial score (nSPS) is 25.4. The van der Waals surface area contributed by atoms with Gasteiger partial charge in [0.2, 0.25) is 0 Å². The van der Waals surface area contributed by atoms with Gasteiger partial charge in [-0.2, -0.15) is 0 Å². The maximum absolute atomic E-state index is 5.18. The number of hydrogen-bond acceptors (Lipinski definition) is 3. The summed E-state index contributed by atoms with van der Waals surface area (Å²) in [5, 5.41) is 3.55. The zero-order valence-corrected chi connectivity index (χ0v) is 10.5. The molecule has 1 fully saturated rings. The summed E-state index contributed by atoms with van der Waals surface area (Å²) in [5.74, 6) is 0.648. The van der Waals surface area contributed by atoms with Gasteiger partial charge in [-0.15, -0.1) is 0 Å². The fourth-order valence-electron chi connectivity index (χ4n) is 2.45. The Morgan fingerprint density at radius 2 is 2.33 bits per heavy atom. The minimum Gasteiger partial charge on any atom is -0.384 e. The van der Waals surface area contributed by atoms with E-state index in [2.05, 4.69) is 24.1 Å². The molecule has 1 saturated heterocycles. The van der Waals surface area contributed by atoms with E-state index >= 15 is 0 Å². The molecule has 0 spiro atoms. The summed E-state index contributed by atoms with van der Waals surface area (Å²) < 4.78 is 5.18. The number of piperidine rings is 1. The second kappa shape index (κ2) is 7.20. The number of ether oxygens (including phenoxy) is 1. The molecule has 2 unspecified atom stereocenters. The van der Waals surface area contributed by atoms with E-state index in [0.717, 1.165) is 13.2 Å². The molecule has 3 heteroatoms. The first-order valence-electron chi connectivity index (χ1n) is 6.21. The van der Waals surface area contributed by atoms with Gasteiger partial charge in [0.05, 0.1) is 0 Å². The molecular weight excluding hydrogens is 188 g/mol. The summed E-state index contributed by atoms with van der Waals surface area (Å²) >= 11 is 0. The molecule has 1 N–H and O–H groups in total. The van der Waals surface area contributed by atoms with E-state index in [1.165, 1.54) is 32.5 Å². The van der Waals surface area contributed by atoms with Crippen molar-refractivity contribution in [3.63, 3.8) is 0 Å². The maximum Gasteiger partial charge on any atom is 0.0500 e. The van der Waals surface area contributed by atoms with Crippen LogP contribution in [-0.4, -0.2) is 50.8 Å². The van der Waals surface area contributed by atoms with E-state index in [1.807, 2.05) is 0 Å². The Balaban J connectivity index is 2.23. The van der Waals surface area contributed by atoms with Gasteiger partial charge in [0.25, 0.3) is 0 Å². The Bertz CT molecular complexity index is 160. The Kier molecular flexibility index (Phi) is 6.22. The number of likely N-dealkylation sites (N-methyl/N-ethyl adjacent to an activating group) is 1. The zero-order chi connectivity index (χ0) is 11.1. The number of methoxy groups -OCH3 is 1. The second-order valence-electron chi connectivity index (χ2n) is 4.72. The molecule has 1 rings (SSSR count). The third kappa shape index (κ3) is 4.96. The van der Waals surface area contributed by atoms with Crippen molar-refractivity contribution in [2.45, 2.75) is 32.7 Å². The SMILES string of the molecule is CCNC1CCCN(CC(C)COC)C1. The quantitative estimate of drug-likeness (QED) is 0.722. The topological polar surface area (TPSA) is 24.5 Å². The average Bonchev–Trinajstić information content (AvgIpc) is 2.19. The van der Waals surface area contributed by atoms with Crippen molar-refractivity contribution < 1.29 is 4.74 Å². The lowest BCUT2D eigenvalue weighted by Crippen LogP contribution is -2.47. The molecule has 90 valence electrons. The van der Waals surface area contributed by atoms with Crippen LogP contribution in [0.1, 0.15) is 26.7 Å². The second-order valence-corrected chi connectivity index (χ2v) is 4.72. The molecule has 0 saturated carbocycles. The first-order chi connectivity index (χ1) is 7.26. The molecule has 0 aromatic heterocycles. The van der Waals surface area contributed by atoms with Crippen molar-refractivity contribution in [3.05, 3.63) is 0 Å². The van der Waals surface area contributed by atoms with E-state index in [0.29, 0.717) is 12.0 Å². The van der Waals surface area contributed by atoms with E-state index in [4.69, 9.17) is 4.74 Å². The minimum absolute atomic E-state index is 0.648. The highest BCUT2D eigenvalue weighted by molar-refractivity contribution is 4.78. The Morgan fingerprint density at radius 1 is 1.53 bits per heavy atom. The van der Waals surface area contributed by atoms with Crippen molar-refractivity contribution in [1.82, 2.24) is 10.2 Å². The van der Waals surface area contributed by atoms with Gasteiger partial charge in [-0.05, 0) is 31.8 Å². The van der Waals surface area contributed by atoms with Gasteiger partial charge in [-0.25, -0.2) is 0 Å². The van der Waals surface area contributed by atoms with Crippen LogP contribution in [0.2, 0.25) is 0 Å². The van der Waals surface area contributed by atoms with Gasteiger partial charge in [-0.1, -0.05) is 13.8 Å². The fraction of sp³-hybridized carbons (Fsp3) is 1.00. The van der Waals surface area contributed by atoms with Gasteiger partial charge < -0.3 is 15.0 Å². The minimum atomic E-state index is 0.648. The smallest absolute Gasteiger partial charge is 0.0500 e. The van der Waals surface area contributed by atoms with Crippen LogP contribution in [0.5, 0.6) is 0 Å². The average molecular weight is 214 g/mol. The Hall–Kier alpha value is -0.120. The lowest BCUT2D eigenvalue weighted by Gasteiger charge is -2.34. The highest BCUT2D eigenvalue weighted by Crippen LogP contribution is 2.12.